The highest BCUT2D eigenvalue weighted by Crippen LogP contribution is 2.32. The Morgan fingerprint density at radius 1 is 1.00 bits per heavy atom. The summed E-state index contributed by atoms with van der Waals surface area (Å²) in [6, 6.07) is 21.4. The number of nitrogens with one attached hydrogen (secondary N) is 1. The molecule has 0 aliphatic heterocycles. The van der Waals surface area contributed by atoms with Gasteiger partial charge >= 0.3 is 0 Å². The summed E-state index contributed by atoms with van der Waals surface area (Å²) < 4.78 is 0. The maximum Gasteiger partial charge on any atom is 0.240 e. The number of hydrogen-bond acceptors (Lipinski definition) is 3. The Labute approximate surface area is 174 Å². The molecule has 3 aromatic rings. The lowest BCUT2D eigenvalue weighted by Gasteiger charge is -2.31. The summed E-state index contributed by atoms with van der Waals surface area (Å²) in [6.07, 6.45) is 1.79. The van der Waals surface area contributed by atoms with Crippen LogP contribution in [0.3, 0.4) is 0 Å². The number of rotatable bonds is 7. The van der Waals surface area contributed by atoms with Crippen molar-refractivity contribution in [2.75, 3.05) is 0 Å². The van der Waals surface area contributed by atoms with Gasteiger partial charge in [-0.2, -0.15) is 0 Å². The Hall–Kier alpha value is -3.18. The molecule has 5 nitrogen and oxygen atoms in total. The van der Waals surface area contributed by atoms with E-state index in [1.807, 2.05) is 67.6 Å². The lowest BCUT2D eigenvalue weighted by molar-refractivity contribution is -0.129. The molecule has 6 heteroatoms. The molecule has 0 bridgehead atoms. The van der Waals surface area contributed by atoms with Crippen LogP contribution in [0.2, 0.25) is 5.15 Å². The van der Waals surface area contributed by atoms with Crippen molar-refractivity contribution in [1.82, 2.24) is 10.3 Å². The molecule has 0 spiro atoms. The van der Waals surface area contributed by atoms with Gasteiger partial charge in [-0.25, -0.2) is 4.98 Å². The maximum atomic E-state index is 13.5. The van der Waals surface area contributed by atoms with Crippen LogP contribution in [0.5, 0.6) is 0 Å². The van der Waals surface area contributed by atoms with Crippen LogP contribution in [0.4, 0.5) is 0 Å². The molecule has 2 aromatic carbocycles. The summed E-state index contributed by atoms with van der Waals surface area (Å²) >= 11 is 5.82. The number of nitrogens with zero attached hydrogens (tertiary/aromatic N) is 1. The van der Waals surface area contributed by atoms with Gasteiger partial charge in [0.25, 0.3) is 0 Å². The quantitative estimate of drug-likeness (QED) is 0.589. The van der Waals surface area contributed by atoms with Gasteiger partial charge in [0.05, 0.1) is 5.41 Å². The first kappa shape index (κ1) is 20.6. The van der Waals surface area contributed by atoms with Crippen LogP contribution in [0, 0.1) is 0 Å². The average molecular weight is 408 g/mol. The van der Waals surface area contributed by atoms with Crippen LogP contribution >= 0.6 is 11.6 Å². The van der Waals surface area contributed by atoms with E-state index < -0.39 is 17.4 Å². The minimum absolute atomic E-state index is 0.227. The molecule has 0 radical (unpaired) electrons. The minimum Gasteiger partial charge on any atom is -0.368 e. The second kappa shape index (κ2) is 8.88. The van der Waals surface area contributed by atoms with Crippen molar-refractivity contribution in [3.8, 4) is 0 Å². The monoisotopic (exact) mass is 407 g/mol. The molecule has 3 N–H and O–H groups in total. The number of aromatic nitrogens is 1. The number of benzene rings is 2. The Morgan fingerprint density at radius 2 is 1.55 bits per heavy atom. The molecular formula is C23H22ClN3O2. The normalized spacial score (nSPS) is 12.2. The second-order valence-corrected chi connectivity index (χ2v) is 7.37. The number of halogens is 1. The molecule has 0 unspecified atom stereocenters. The van der Waals surface area contributed by atoms with E-state index in [-0.39, 0.29) is 12.3 Å². The van der Waals surface area contributed by atoms with Crippen molar-refractivity contribution in [3.63, 3.8) is 0 Å². The molecular weight excluding hydrogens is 386 g/mol. The summed E-state index contributed by atoms with van der Waals surface area (Å²) in [5.41, 5.74) is 6.98. The zero-order valence-electron chi connectivity index (χ0n) is 16.0. The van der Waals surface area contributed by atoms with E-state index in [2.05, 4.69) is 10.3 Å². The average Bonchev–Trinajstić information content (AvgIpc) is 2.75. The molecule has 0 aliphatic rings. The summed E-state index contributed by atoms with van der Waals surface area (Å²) in [7, 11) is 0. The summed E-state index contributed by atoms with van der Waals surface area (Å²) in [5.74, 6) is -0.919. The van der Waals surface area contributed by atoms with E-state index >= 15 is 0 Å². The largest absolute Gasteiger partial charge is 0.368 e. The molecule has 0 saturated carbocycles. The van der Waals surface area contributed by atoms with Gasteiger partial charge in [0.15, 0.2) is 0 Å². The van der Waals surface area contributed by atoms with Crippen molar-refractivity contribution in [2.45, 2.75) is 24.8 Å². The number of pyridine rings is 1. The highest BCUT2D eigenvalue weighted by molar-refractivity contribution is 6.29. The third-order valence-electron chi connectivity index (χ3n) is 5.03. The highest BCUT2D eigenvalue weighted by atomic mass is 35.5. The van der Waals surface area contributed by atoms with Gasteiger partial charge in [-0.05, 0) is 29.7 Å². The topological polar surface area (TPSA) is 85.1 Å². The molecule has 1 aromatic heterocycles. The molecule has 0 saturated heterocycles. The van der Waals surface area contributed by atoms with E-state index in [4.69, 9.17) is 17.3 Å². The SMILES string of the molecule is CC(C(=O)N[C@@H](Cc1ccc(Cl)nc1)C(N)=O)(c1ccccc1)c1ccccc1. The third kappa shape index (κ3) is 4.63. The number of carbonyl (C=O) groups is 2. The molecule has 1 atom stereocenters. The number of nitrogens with two attached hydrogens (primary N) is 1. The molecule has 148 valence electrons. The van der Waals surface area contributed by atoms with Crippen molar-refractivity contribution < 1.29 is 9.59 Å². The number of carbonyl (C=O) groups excluding carboxylic acids is 2. The number of amides is 2. The fourth-order valence-electron chi connectivity index (χ4n) is 3.26. The Bertz CT molecular complexity index is 937. The van der Waals surface area contributed by atoms with E-state index in [1.54, 1.807) is 18.3 Å². The minimum atomic E-state index is -0.992. The highest BCUT2D eigenvalue weighted by Gasteiger charge is 2.38. The lowest BCUT2D eigenvalue weighted by Crippen LogP contribution is -2.52. The fraction of sp³-hybridized carbons (Fsp3) is 0.174. The van der Waals surface area contributed by atoms with Crippen molar-refractivity contribution in [3.05, 3.63) is 101 Å². The van der Waals surface area contributed by atoms with Crippen molar-refractivity contribution in [1.29, 1.82) is 0 Å². The van der Waals surface area contributed by atoms with Crippen LogP contribution in [0.1, 0.15) is 23.6 Å². The Morgan fingerprint density at radius 3 is 2.00 bits per heavy atom. The molecule has 29 heavy (non-hydrogen) atoms. The van der Waals surface area contributed by atoms with Gasteiger partial charge in [0.1, 0.15) is 11.2 Å². The van der Waals surface area contributed by atoms with Crippen LogP contribution in [-0.2, 0) is 21.4 Å². The maximum absolute atomic E-state index is 13.5. The van der Waals surface area contributed by atoms with Gasteiger partial charge < -0.3 is 11.1 Å². The van der Waals surface area contributed by atoms with E-state index in [0.717, 1.165) is 16.7 Å². The van der Waals surface area contributed by atoms with Crippen LogP contribution in [0.25, 0.3) is 0 Å². The van der Waals surface area contributed by atoms with Gasteiger partial charge in [-0.15, -0.1) is 0 Å². The smallest absolute Gasteiger partial charge is 0.240 e. The molecule has 1 heterocycles. The zero-order chi connectivity index (χ0) is 20.9. The molecule has 0 aliphatic carbocycles. The number of primary amides is 1. The van der Waals surface area contributed by atoms with Gasteiger partial charge in [-0.3, -0.25) is 9.59 Å². The standard InChI is InChI=1S/C23H22ClN3O2/c1-23(17-8-4-2-5-9-17,18-10-6-3-7-11-18)22(29)27-19(21(25)28)14-16-12-13-20(24)26-15-16/h2-13,15,19H,14H2,1H3,(H2,25,28)(H,27,29)/t19-/m0/s1. The first-order valence-electron chi connectivity index (χ1n) is 9.23. The van der Waals surface area contributed by atoms with Gasteiger partial charge in [0, 0.05) is 12.6 Å². The third-order valence-corrected chi connectivity index (χ3v) is 5.26. The summed E-state index contributed by atoms with van der Waals surface area (Å²) in [5, 5.41) is 3.20. The zero-order valence-corrected chi connectivity index (χ0v) is 16.8. The molecule has 3 rings (SSSR count). The second-order valence-electron chi connectivity index (χ2n) is 6.98. The van der Waals surface area contributed by atoms with Crippen LogP contribution in [-0.4, -0.2) is 22.8 Å². The fourth-order valence-corrected chi connectivity index (χ4v) is 3.37. The van der Waals surface area contributed by atoms with Crippen LogP contribution < -0.4 is 11.1 Å². The predicted octanol–water partition coefficient (Wildman–Crippen LogP) is 3.25. The number of hydrogen-bond donors (Lipinski definition) is 2. The first-order valence-corrected chi connectivity index (χ1v) is 9.61. The van der Waals surface area contributed by atoms with Gasteiger partial charge in [-0.1, -0.05) is 78.3 Å². The van der Waals surface area contributed by atoms with Gasteiger partial charge in [0.2, 0.25) is 11.8 Å². The van der Waals surface area contributed by atoms with E-state index in [0.29, 0.717) is 5.15 Å². The predicted molar refractivity (Wildman–Crippen MR) is 113 cm³/mol. The van der Waals surface area contributed by atoms with E-state index in [9.17, 15) is 9.59 Å². The van der Waals surface area contributed by atoms with Crippen LogP contribution in [0.15, 0.2) is 79.0 Å². The van der Waals surface area contributed by atoms with Crippen molar-refractivity contribution >= 4 is 23.4 Å². The Kier molecular flexibility index (Phi) is 6.29. The van der Waals surface area contributed by atoms with Crippen molar-refractivity contribution in [2.24, 2.45) is 5.73 Å². The first-order chi connectivity index (χ1) is 13.9. The molecule has 0 fully saturated rings. The molecule has 2 amide bonds. The lowest BCUT2D eigenvalue weighted by atomic mass is 9.75. The Balaban J connectivity index is 1.92. The van der Waals surface area contributed by atoms with E-state index in [1.165, 1.54) is 0 Å². The summed E-state index contributed by atoms with van der Waals surface area (Å²) in [4.78, 5) is 29.6. The summed E-state index contributed by atoms with van der Waals surface area (Å²) in [6.45, 7) is 1.84.